The maximum Gasteiger partial charge on any atom is 0.152 e. The van der Waals surface area contributed by atoms with E-state index in [2.05, 4.69) is 12.3 Å². The summed E-state index contributed by atoms with van der Waals surface area (Å²) in [5.41, 5.74) is 0. The third-order valence-electron chi connectivity index (χ3n) is 4.90. The van der Waals surface area contributed by atoms with Gasteiger partial charge in [-0.1, -0.05) is 6.08 Å². The Morgan fingerprint density at radius 3 is 2.19 bits per heavy atom. The van der Waals surface area contributed by atoms with E-state index in [0.29, 0.717) is 24.0 Å². The maximum absolute atomic E-state index is 11.0. The summed E-state index contributed by atoms with van der Waals surface area (Å²) >= 11 is 0. The van der Waals surface area contributed by atoms with E-state index in [-0.39, 0.29) is 5.78 Å². The summed E-state index contributed by atoms with van der Waals surface area (Å²) in [6, 6.07) is 0.507. The Bertz CT molecular complexity index is 373. The van der Waals surface area contributed by atoms with Crippen LogP contribution in [-0.2, 0) is 9.53 Å². The van der Waals surface area contributed by atoms with Crippen LogP contribution in [0.2, 0.25) is 0 Å². The number of hydrogen-bond acceptors (Lipinski definition) is 3. The summed E-state index contributed by atoms with van der Waals surface area (Å²) in [6.07, 6.45) is 16.0. The molecule has 2 aliphatic rings. The molecular weight excluding hydrogens is 262 g/mol. The molecule has 2 fully saturated rings. The van der Waals surface area contributed by atoms with Crippen LogP contribution in [-0.4, -0.2) is 31.3 Å². The Labute approximate surface area is 128 Å². The molecule has 21 heavy (non-hydrogen) atoms. The number of allylic oxidation sites excluding steroid dienone is 2. The van der Waals surface area contributed by atoms with Gasteiger partial charge in [0.2, 0.25) is 0 Å². The zero-order valence-corrected chi connectivity index (χ0v) is 13.5. The molecule has 0 spiro atoms. The van der Waals surface area contributed by atoms with Crippen LogP contribution < -0.4 is 0 Å². The quantitative estimate of drug-likeness (QED) is 0.568. The molecule has 0 heterocycles. The molecule has 118 valence electrons. The van der Waals surface area contributed by atoms with Crippen molar-refractivity contribution in [1.29, 1.82) is 0 Å². The van der Waals surface area contributed by atoms with Crippen molar-refractivity contribution in [2.45, 2.75) is 70.4 Å². The van der Waals surface area contributed by atoms with E-state index in [4.69, 9.17) is 9.73 Å². The number of hydrogen-bond donors (Lipinski definition) is 0. The minimum atomic E-state index is 0.154. The molecule has 0 aliphatic heterocycles. The Morgan fingerprint density at radius 1 is 1.00 bits per heavy atom. The smallest absolute Gasteiger partial charge is 0.152 e. The summed E-state index contributed by atoms with van der Waals surface area (Å²) in [5.74, 6) is 1.39. The van der Waals surface area contributed by atoms with Crippen LogP contribution in [0.3, 0.4) is 0 Å². The van der Waals surface area contributed by atoms with Crippen molar-refractivity contribution in [2.24, 2.45) is 16.8 Å². The number of carbonyl (C=O) groups excluding carboxylic acids is 1. The van der Waals surface area contributed by atoms with Gasteiger partial charge in [-0.2, -0.15) is 0 Å². The first-order chi connectivity index (χ1) is 10.2. The van der Waals surface area contributed by atoms with Crippen molar-refractivity contribution in [1.82, 2.24) is 0 Å². The van der Waals surface area contributed by atoms with Gasteiger partial charge in [-0.05, 0) is 76.2 Å². The molecule has 0 radical (unpaired) electrons. The second kappa shape index (κ2) is 8.47. The SMILES string of the molecule is COC1CCC(C=NC2CCC(C=CC(C)=O)CC2)CC1. The molecule has 2 rings (SSSR count). The normalized spacial score (nSPS) is 34.6. The van der Waals surface area contributed by atoms with E-state index in [1.165, 1.54) is 38.5 Å². The molecule has 0 atom stereocenters. The Hall–Kier alpha value is -0.960. The monoisotopic (exact) mass is 291 g/mol. The molecule has 0 aromatic heterocycles. The van der Waals surface area contributed by atoms with Gasteiger partial charge < -0.3 is 4.74 Å². The molecule has 3 nitrogen and oxygen atoms in total. The van der Waals surface area contributed by atoms with Crippen LogP contribution in [0.25, 0.3) is 0 Å². The lowest BCUT2D eigenvalue weighted by molar-refractivity contribution is -0.112. The van der Waals surface area contributed by atoms with E-state index in [9.17, 15) is 4.79 Å². The predicted molar refractivity (Wildman–Crippen MR) is 86.8 cm³/mol. The summed E-state index contributed by atoms with van der Waals surface area (Å²) in [4.78, 5) is 15.8. The second-order valence-electron chi connectivity index (χ2n) is 6.61. The number of ether oxygens (including phenoxy) is 1. The number of ketones is 1. The van der Waals surface area contributed by atoms with E-state index in [1.807, 2.05) is 7.11 Å². The van der Waals surface area contributed by atoms with Crippen LogP contribution in [0.5, 0.6) is 0 Å². The third kappa shape index (κ3) is 5.74. The van der Waals surface area contributed by atoms with Gasteiger partial charge in [-0.15, -0.1) is 0 Å². The van der Waals surface area contributed by atoms with Crippen LogP contribution in [0, 0.1) is 11.8 Å². The molecule has 0 saturated heterocycles. The zero-order valence-electron chi connectivity index (χ0n) is 13.5. The summed E-state index contributed by atoms with van der Waals surface area (Å²) in [5, 5.41) is 0. The van der Waals surface area contributed by atoms with Crippen molar-refractivity contribution < 1.29 is 9.53 Å². The predicted octanol–water partition coefficient (Wildman–Crippen LogP) is 3.97. The lowest BCUT2D eigenvalue weighted by Gasteiger charge is -2.27. The van der Waals surface area contributed by atoms with E-state index < -0.39 is 0 Å². The number of nitrogens with zero attached hydrogens (tertiary/aromatic N) is 1. The largest absolute Gasteiger partial charge is 0.381 e. The number of methoxy groups -OCH3 is 1. The van der Waals surface area contributed by atoms with Gasteiger partial charge in [0.15, 0.2) is 5.78 Å². The van der Waals surface area contributed by atoms with Gasteiger partial charge in [0.05, 0.1) is 6.10 Å². The molecule has 2 saturated carbocycles. The van der Waals surface area contributed by atoms with Gasteiger partial charge in [0, 0.05) is 19.4 Å². The number of aliphatic imine (C=N–C) groups is 1. The van der Waals surface area contributed by atoms with Gasteiger partial charge >= 0.3 is 0 Å². The first kappa shape index (κ1) is 16.4. The molecule has 0 unspecified atom stereocenters. The first-order valence-electron chi connectivity index (χ1n) is 8.42. The summed E-state index contributed by atoms with van der Waals surface area (Å²) < 4.78 is 5.41. The molecule has 3 heteroatoms. The highest BCUT2D eigenvalue weighted by atomic mass is 16.5. The molecule has 0 aromatic carbocycles. The van der Waals surface area contributed by atoms with Crippen molar-refractivity contribution in [3.63, 3.8) is 0 Å². The van der Waals surface area contributed by atoms with E-state index in [0.717, 1.165) is 12.8 Å². The third-order valence-corrected chi connectivity index (χ3v) is 4.90. The molecule has 0 N–H and O–H groups in total. The minimum Gasteiger partial charge on any atom is -0.381 e. The lowest BCUT2D eigenvalue weighted by atomic mass is 9.85. The highest BCUT2D eigenvalue weighted by Crippen LogP contribution is 2.28. The number of rotatable bonds is 5. The first-order valence-corrected chi connectivity index (χ1v) is 8.42. The van der Waals surface area contributed by atoms with Crippen LogP contribution in [0.15, 0.2) is 17.1 Å². The van der Waals surface area contributed by atoms with Crippen LogP contribution in [0.4, 0.5) is 0 Å². The molecule has 0 bridgehead atoms. The summed E-state index contributed by atoms with van der Waals surface area (Å²) in [6.45, 7) is 1.62. The average molecular weight is 291 g/mol. The van der Waals surface area contributed by atoms with Crippen molar-refractivity contribution in [3.8, 4) is 0 Å². The minimum absolute atomic E-state index is 0.154. The fourth-order valence-corrected chi connectivity index (χ4v) is 3.43. The second-order valence-corrected chi connectivity index (χ2v) is 6.61. The number of carbonyl (C=O) groups is 1. The molecule has 0 amide bonds. The van der Waals surface area contributed by atoms with Crippen molar-refractivity contribution >= 4 is 12.0 Å². The fourth-order valence-electron chi connectivity index (χ4n) is 3.43. The van der Waals surface area contributed by atoms with E-state index >= 15 is 0 Å². The molecular formula is C18H29NO2. The zero-order chi connectivity index (χ0) is 15.1. The van der Waals surface area contributed by atoms with E-state index in [1.54, 1.807) is 13.0 Å². The van der Waals surface area contributed by atoms with Gasteiger partial charge in [0.25, 0.3) is 0 Å². The topological polar surface area (TPSA) is 38.7 Å². The fraction of sp³-hybridized carbons (Fsp3) is 0.778. The summed E-state index contributed by atoms with van der Waals surface area (Å²) in [7, 11) is 1.82. The Kier molecular flexibility index (Phi) is 6.62. The lowest BCUT2D eigenvalue weighted by Crippen LogP contribution is -2.22. The van der Waals surface area contributed by atoms with Gasteiger partial charge in [-0.25, -0.2) is 0 Å². The highest BCUT2D eigenvalue weighted by molar-refractivity contribution is 5.87. The maximum atomic E-state index is 11.0. The van der Waals surface area contributed by atoms with Crippen LogP contribution in [0.1, 0.15) is 58.3 Å². The Balaban J connectivity index is 1.69. The Morgan fingerprint density at radius 2 is 1.62 bits per heavy atom. The van der Waals surface area contributed by atoms with Crippen molar-refractivity contribution in [3.05, 3.63) is 12.2 Å². The molecule has 2 aliphatic carbocycles. The van der Waals surface area contributed by atoms with Gasteiger partial charge in [-0.3, -0.25) is 9.79 Å². The molecule has 0 aromatic rings. The van der Waals surface area contributed by atoms with Crippen LogP contribution >= 0.6 is 0 Å². The average Bonchev–Trinajstić information content (AvgIpc) is 2.52. The highest BCUT2D eigenvalue weighted by Gasteiger charge is 2.21. The van der Waals surface area contributed by atoms with Crippen molar-refractivity contribution in [2.75, 3.05) is 7.11 Å². The van der Waals surface area contributed by atoms with Gasteiger partial charge in [0.1, 0.15) is 0 Å². The standard InChI is InChI=1S/C18H29NO2/c1-14(20)3-4-15-5-9-17(10-6-15)19-13-16-7-11-18(21-2)12-8-16/h3-4,13,15-18H,5-12H2,1-2H3.